The zero-order valence-electron chi connectivity index (χ0n) is 9.93. The topological polar surface area (TPSA) is 18.5 Å². The Morgan fingerprint density at radius 2 is 1.36 bits per heavy atom. The summed E-state index contributed by atoms with van der Waals surface area (Å²) in [6.07, 6.45) is -0.912. The Morgan fingerprint density at radius 3 is 1.64 bits per heavy atom. The van der Waals surface area contributed by atoms with Crippen LogP contribution in [0.2, 0.25) is 5.82 Å². The number of hydrogen-bond acceptors (Lipinski definition) is 2. The van der Waals surface area contributed by atoms with Gasteiger partial charge in [-0.15, -0.1) is 0 Å². The maximum atomic E-state index is 13.1. The molecule has 82 valence electrons. The maximum Gasteiger partial charge on any atom is 0.463 e. The first-order valence-electron chi connectivity index (χ1n) is 5.17. The van der Waals surface area contributed by atoms with Crippen molar-refractivity contribution in [2.24, 2.45) is 0 Å². The molecule has 0 radical (unpaired) electrons. The van der Waals surface area contributed by atoms with Gasteiger partial charge in [0, 0.05) is 5.82 Å². The van der Waals surface area contributed by atoms with Gasteiger partial charge in [0.1, 0.15) is 0 Å². The summed E-state index contributed by atoms with van der Waals surface area (Å²) in [5, 5.41) is 0. The molecule has 2 atom stereocenters. The van der Waals surface area contributed by atoms with Crippen molar-refractivity contribution in [3.05, 3.63) is 0 Å². The van der Waals surface area contributed by atoms with E-state index in [4.69, 9.17) is 9.31 Å². The lowest BCUT2D eigenvalue weighted by Crippen LogP contribution is -2.41. The second-order valence-corrected chi connectivity index (χ2v) is 5.16. The fourth-order valence-electron chi connectivity index (χ4n) is 1.32. The Balaban J connectivity index is 2.73. The highest BCUT2D eigenvalue weighted by Crippen LogP contribution is 2.40. The van der Waals surface area contributed by atoms with Crippen LogP contribution in [-0.4, -0.2) is 24.5 Å². The summed E-state index contributed by atoms with van der Waals surface area (Å²) >= 11 is 0. The first-order chi connectivity index (χ1) is 6.17. The van der Waals surface area contributed by atoms with E-state index >= 15 is 0 Å². The van der Waals surface area contributed by atoms with Gasteiger partial charge in [-0.05, 0) is 34.6 Å². The van der Waals surface area contributed by atoms with E-state index in [2.05, 4.69) is 0 Å². The molecule has 4 heteroatoms. The van der Waals surface area contributed by atoms with Gasteiger partial charge in [-0.3, -0.25) is 0 Å². The molecule has 1 fully saturated rings. The Hall–Kier alpha value is -0.0851. The maximum absolute atomic E-state index is 13.1. The third-order valence-corrected chi connectivity index (χ3v) is 3.43. The fourth-order valence-corrected chi connectivity index (χ4v) is 1.32. The Morgan fingerprint density at radius 1 is 1.00 bits per heavy atom. The van der Waals surface area contributed by atoms with Crippen molar-refractivity contribution >= 4 is 7.12 Å². The SMILES string of the molecule is CC(F)[C@H](C)B1OC(C)(C)C(C)(C)O1. The van der Waals surface area contributed by atoms with Gasteiger partial charge in [0.25, 0.3) is 0 Å². The normalized spacial score (nSPS) is 28.9. The molecular weight excluding hydrogens is 182 g/mol. The Kier molecular flexibility index (Phi) is 2.99. The van der Waals surface area contributed by atoms with Gasteiger partial charge in [0.15, 0.2) is 0 Å². The summed E-state index contributed by atoms with van der Waals surface area (Å²) in [7, 11) is -0.431. The average molecular weight is 202 g/mol. The highest BCUT2D eigenvalue weighted by Gasteiger charge is 2.53. The molecule has 14 heavy (non-hydrogen) atoms. The quantitative estimate of drug-likeness (QED) is 0.641. The van der Waals surface area contributed by atoms with Gasteiger partial charge in [-0.1, -0.05) is 6.92 Å². The smallest absolute Gasteiger partial charge is 0.403 e. The molecule has 0 amide bonds. The van der Waals surface area contributed by atoms with Crippen molar-refractivity contribution in [2.45, 2.75) is 64.7 Å². The van der Waals surface area contributed by atoms with Gasteiger partial charge >= 0.3 is 7.12 Å². The van der Waals surface area contributed by atoms with Crippen molar-refractivity contribution in [1.82, 2.24) is 0 Å². The molecule has 1 aliphatic rings. The molecule has 1 heterocycles. The number of rotatable bonds is 2. The van der Waals surface area contributed by atoms with Crippen molar-refractivity contribution in [3.63, 3.8) is 0 Å². The minimum Gasteiger partial charge on any atom is -0.403 e. The van der Waals surface area contributed by atoms with E-state index in [1.54, 1.807) is 0 Å². The Bertz CT molecular complexity index is 200. The van der Waals surface area contributed by atoms with Crippen molar-refractivity contribution < 1.29 is 13.7 Å². The summed E-state index contributed by atoms with van der Waals surface area (Å²) in [6.45, 7) is 11.2. The molecule has 1 unspecified atom stereocenters. The van der Waals surface area contributed by atoms with Crippen LogP contribution in [0.3, 0.4) is 0 Å². The highest BCUT2D eigenvalue weighted by molar-refractivity contribution is 6.47. The lowest BCUT2D eigenvalue weighted by atomic mass is 9.71. The summed E-state index contributed by atoms with van der Waals surface area (Å²) in [4.78, 5) is 0. The van der Waals surface area contributed by atoms with Crippen molar-refractivity contribution in [1.29, 1.82) is 0 Å². The molecule has 2 nitrogen and oxygen atoms in total. The van der Waals surface area contributed by atoms with Crippen LogP contribution in [0.25, 0.3) is 0 Å². The first-order valence-corrected chi connectivity index (χ1v) is 5.17. The highest BCUT2D eigenvalue weighted by atomic mass is 19.1. The van der Waals surface area contributed by atoms with Crippen LogP contribution in [0.1, 0.15) is 41.5 Å². The van der Waals surface area contributed by atoms with Gasteiger partial charge in [-0.2, -0.15) is 0 Å². The lowest BCUT2D eigenvalue weighted by molar-refractivity contribution is 0.00578. The van der Waals surface area contributed by atoms with Crippen LogP contribution in [0.4, 0.5) is 4.39 Å². The molecule has 1 aliphatic heterocycles. The van der Waals surface area contributed by atoms with Gasteiger partial charge in [-0.25, -0.2) is 4.39 Å². The van der Waals surface area contributed by atoms with Crippen LogP contribution >= 0.6 is 0 Å². The molecule has 1 rings (SSSR count). The van der Waals surface area contributed by atoms with E-state index in [-0.39, 0.29) is 17.0 Å². The van der Waals surface area contributed by atoms with Gasteiger partial charge in [0.05, 0.1) is 17.4 Å². The molecule has 0 spiro atoms. The lowest BCUT2D eigenvalue weighted by Gasteiger charge is -2.32. The second-order valence-electron chi connectivity index (χ2n) is 5.16. The molecule has 0 aliphatic carbocycles. The van der Waals surface area contributed by atoms with E-state index in [9.17, 15) is 4.39 Å². The summed E-state index contributed by atoms with van der Waals surface area (Å²) in [6, 6.07) is 0. The van der Waals surface area contributed by atoms with Crippen molar-refractivity contribution in [2.75, 3.05) is 0 Å². The second kappa shape index (κ2) is 3.49. The molecule has 0 aromatic rings. The number of halogens is 1. The largest absolute Gasteiger partial charge is 0.463 e. The molecule has 0 N–H and O–H groups in total. The minimum absolute atomic E-state index is 0.226. The van der Waals surface area contributed by atoms with E-state index in [0.717, 1.165) is 0 Å². The van der Waals surface area contributed by atoms with Crippen LogP contribution in [-0.2, 0) is 9.31 Å². The summed E-state index contributed by atoms with van der Waals surface area (Å²) in [5.74, 6) is -0.226. The van der Waals surface area contributed by atoms with E-state index in [0.29, 0.717) is 0 Å². The molecule has 0 aromatic heterocycles. The minimum atomic E-state index is -0.912. The van der Waals surface area contributed by atoms with Crippen molar-refractivity contribution in [3.8, 4) is 0 Å². The van der Waals surface area contributed by atoms with Gasteiger partial charge < -0.3 is 9.31 Å². The van der Waals surface area contributed by atoms with Crippen LogP contribution < -0.4 is 0 Å². The third kappa shape index (κ3) is 1.96. The standard InChI is InChI=1S/C10H20BFO2/c1-7(8(2)12)11-13-9(3,4)10(5,6)14-11/h7-8H,1-6H3/t7-,8?/m0/s1. The van der Waals surface area contributed by atoms with Crippen LogP contribution in [0.5, 0.6) is 0 Å². The zero-order valence-corrected chi connectivity index (χ0v) is 9.93. The zero-order chi connectivity index (χ0) is 11.1. The number of hydrogen-bond donors (Lipinski definition) is 0. The van der Waals surface area contributed by atoms with Crippen LogP contribution in [0.15, 0.2) is 0 Å². The van der Waals surface area contributed by atoms with Gasteiger partial charge in [0.2, 0.25) is 0 Å². The monoisotopic (exact) mass is 202 g/mol. The molecule has 0 bridgehead atoms. The van der Waals surface area contributed by atoms with E-state index in [1.807, 2.05) is 34.6 Å². The first kappa shape index (κ1) is 12.0. The molecule has 1 saturated heterocycles. The molecular formula is C10H20BFO2. The average Bonchev–Trinajstić information content (AvgIpc) is 2.20. The summed E-state index contributed by atoms with van der Waals surface area (Å²) < 4.78 is 24.5. The predicted molar refractivity (Wildman–Crippen MR) is 56.1 cm³/mol. The number of alkyl halides is 1. The fraction of sp³-hybridized carbons (Fsp3) is 1.00. The Labute approximate surface area is 86.3 Å². The van der Waals surface area contributed by atoms with E-state index in [1.165, 1.54) is 6.92 Å². The molecule has 0 saturated carbocycles. The van der Waals surface area contributed by atoms with E-state index < -0.39 is 13.3 Å². The third-order valence-electron chi connectivity index (χ3n) is 3.43. The van der Waals surface area contributed by atoms with Crippen LogP contribution in [0, 0.1) is 0 Å². The summed E-state index contributed by atoms with van der Waals surface area (Å²) in [5.41, 5.74) is -0.721. The molecule has 0 aromatic carbocycles. The predicted octanol–water partition coefficient (Wildman–Crippen LogP) is 2.83.